The van der Waals surface area contributed by atoms with Crippen molar-refractivity contribution in [3.8, 4) is 11.3 Å². The molecule has 1 aliphatic rings. The first-order valence-electron chi connectivity index (χ1n) is 12.7. The van der Waals surface area contributed by atoms with Gasteiger partial charge in [-0.25, -0.2) is 0 Å². The van der Waals surface area contributed by atoms with Gasteiger partial charge in [0.25, 0.3) is 5.91 Å². The van der Waals surface area contributed by atoms with Crippen molar-refractivity contribution >= 4 is 17.6 Å². The molecule has 1 saturated heterocycles. The summed E-state index contributed by atoms with van der Waals surface area (Å²) in [5.41, 5.74) is 4.82. The summed E-state index contributed by atoms with van der Waals surface area (Å²) in [6.45, 7) is 10.7. The van der Waals surface area contributed by atoms with E-state index in [9.17, 15) is 9.59 Å². The topological polar surface area (TPSA) is 69.6 Å². The SMILES string of the molecule is CC[C@H](C)N(CC(=O)N1CCN(c2ccc(-c3ccc(C)cc3)nn2)CC1)C(=O)c1ccc(C)cc1. The lowest BCUT2D eigenvalue weighted by Gasteiger charge is -2.37. The van der Waals surface area contributed by atoms with Crippen molar-refractivity contribution in [1.82, 2.24) is 20.0 Å². The monoisotopic (exact) mass is 485 g/mol. The summed E-state index contributed by atoms with van der Waals surface area (Å²) in [5, 5.41) is 8.85. The smallest absolute Gasteiger partial charge is 0.254 e. The highest BCUT2D eigenvalue weighted by molar-refractivity contribution is 5.96. The molecular weight excluding hydrogens is 450 g/mol. The average Bonchev–Trinajstić information content (AvgIpc) is 2.92. The lowest BCUT2D eigenvalue weighted by Crippen LogP contribution is -2.53. The number of rotatable bonds is 7. The first-order chi connectivity index (χ1) is 17.4. The largest absolute Gasteiger partial charge is 0.352 e. The molecule has 2 heterocycles. The minimum Gasteiger partial charge on any atom is -0.352 e. The Balaban J connectivity index is 1.35. The Hall–Kier alpha value is -3.74. The van der Waals surface area contributed by atoms with Crippen LogP contribution in [0.25, 0.3) is 11.3 Å². The number of aromatic nitrogens is 2. The Bertz CT molecular complexity index is 1170. The summed E-state index contributed by atoms with van der Waals surface area (Å²) in [5.74, 6) is 0.699. The Kier molecular flexibility index (Phi) is 7.98. The van der Waals surface area contributed by atoms with E-state index in [1.807, 2.05) is 62.1 Å². The normalized spacial score (nSPS) is 14.4. The van der Waals surface area contributed by atoms with E-state index in [2.05, 4.69) is 46.3 Å². The average molecular weight is 486 g/mol. The lowest BCUT2D eigenvalue weighted by atomic mass is 10.1. The second kappa shape index (κ2) is 11.3. The van der Waals surface area contributed by atoms with Crippen molar-refractivity contribution in [1.29, 1.82) is 0 Å². The van der Waals surface area contributed by atoms with Crippen molar-refractivity contribution in [3.63, 3.8) is 0 Å². The van der Waals surface area contributed by atoms with Crippen LogP contribution in [0.15, 0.2) is 60.7 Å². The number of nitrogens with zero attached hydrogens (tertiary/aromatic N) is 5. The number of carbonyl (C=O) groups excluding carboxylic acids is 2. The molecule has 3 aromatic rings. The van der Waals surface area contributed by atoms with Gasteiger partial charge in [-0.15, -0.1) is 10.2 Å². The molecule has 2 aromatic carbocycles. The minimum absolute atomic E-state index is 0.0174. The number of benzene rings is 2. The molecule has 0 bridgehead atoms. The molecule has 0 N–H and O–H groups in total. The highest BCUT2D eigenvalue weighted by atomic mass is 16.2. The molecule has 0 radical (unpaired) electrons. The van der Waals surface area contributed by atoms with E-state index in [1.54, 1.807) is 4.90 Å². The zero-order valence-corrected chi connectivity index (χ0v) is 21.6. The fraction of sp³-hybridized carbons (Fsp3) is 0.379. The van der Waals surface area contributed by atoms with Crippen LogP contribution in [0.3, 0.4) is 0 Å². The molecule has 0 spiro atoms. The maximum atomic E-state index is 13.2. The van der Waals surface area contributed by atoms with E-state index in [1.165, 1.54) is 5.56 Å². The van der Waals surface area contributed by atoms with E-state index in [0.717, 1.165) is 29.1 Å². The Morgan fingerprint density at radius 3 is 2.03 bits per heavy atom. The number of amides is 2. The predicted molar refractivity (Wildman–Crippen MR) is 143 cm³/mol. The summed E-state index contributed by atoms with van der Waals surface area (Å²) in [6, 6.07) is 19.7. The van der Waals surface area contributed by atoms with Crippen molar-refractivity contribution in [2.24, 2.45) is 0 Å². The maximum Gasteiger partial charge on any atom is 0.254 e. The van der Waals surface area contributed by atoms with Crippen LogP contribution in [-0.4, -0.2) is 70.6 Å². The third-order valence-electron chi connectivity index (χ3n) is 6.94. The van der Waals surface area contributed by atoms with E-state index in [0.29, 0.717) is 31.7 Å². The van der Waals surface area contributed by atoms with Crippen LogP contribution < -0.4 is 4.90 Å². The minimum atomic E-state index is -0.0970. The standard InChI is InChI=1S/C29H35N5O2/c1-5-23(4)34(29(36)25-12-8-22(3)9-13-25)20-28(35)33-18-16-32(17-19-33)27-15-14-26(30-31-27)24-10-6-21(2)7-11-24/h6-15,23H,5,16-20H2,1-4H3/t23-/m0/s1. The third-order valence-corrected chi connectivity index (χ3v) is 6.94. The molecule has 2 amide bonds. The van der Waals surface area contributed by atoms with Crippen LogP contribution in [0.4, 0.5) is 5.82 Å². The molecule has 1 fully saturated rings. The molecule has 36 heavy (non-hydrogen) atoms. The summed E-state index contributed by atoms with van der Waals surface area (Å²) >= 11 is 0. The van der Waals surface area contributed by atoms with Gasteiger partial charge in [0, 0.05) is 43.3 Å². The molecule has 4 rings (SSSR count). The summed E-state index contributed by atoms with van der Waals surface area (Å²) in [4.78, 5) is 32.1. The van der Waals surface area contributed by atoms with E-state index < -0.39 is 0 Å². The lowest BCUT2D eigenvalue weighted by molar-refractivity contribution is -0.132. The Labute approximate surface area is 213 Å². The number of hydrogen-bond donors (Lipinski definition) is 0. The molecule has 1 aromatic heterocycles. The van der Waals surface area contributed by atoms with Crippen molar-refractivity contribution in [2.45, 2.75) is 40.2 Å². The number of piperazine rings is 1. The zero-order chi connectivity index (χ0) is 25.7. The van der Waals surface area contributed by atoms with Crippen LogP contribution >= 0.6 is 0 Å². The summed E-state index contributed by atoms with van der Waals surface area (Å²) < 4.78 is 0. The van der Waals surface area contributed by atoms with Gasteiger partial charge < -0.3 is 14.7 Å². The predicted octanol–water partition coefficient (Wildman–Crippen LogP) is 4.35. The second-order valence-corrected chi connectivity index (χ2v) is 9.57. The molecule has 0 saturated carbocycles. The molecule has 0 unspecified atom stereocenters. The van der Waals surface area contributed by atoms with Gasteiger partial charge in [-0.1, -0.05) is 54.4 Å². The summed E-state index contributed by atoms with van der Waals surface area (Å²) in [7, 11) is 0. The third kappa shape index (κ3) is 5.90. The molecule has 0 aliphatic carbocycles. The molecular formula is C29H35N5O2. The van der Waals surface area contributed by atoms with E-state index >= 15 is 0 Å². The van der Waals surface area contributed by atoms with Crippen LogP contribution in [0.1, 0.15) is 41.8 Å². The van der Waals surface area contributed by atoms with E-state index in [-0.39, 0.29) is 24.4 Å². The Morgan fingerprint density at radius 2 is 1.47 bits per heavy atom. The van der Waals surface area contributed by atoms with Gasteiger partial charge in [0.1, 0.15) is 6.54 Å². The first kappa shape index (κ1) is 25.4. The van der Waals surface area contributed by atoms with E-state index in [4.69, 9.17) is 0 Å². The van der Waals surface area contributed by atoms with Gasteiger partial charge in [0.05, 0.1) is 5.69 Å². The fourth-order valence-corrected chi connectivity index (χ4v) is 4.31. The van der Waals surface area contributed by atoms with Gasteiger partial charge in [-0.05, 0) is 51.5 Å². The van der Waals surface area contributed by atoms with Gasteiger partial charge >= 0.3 is 0 Å². The highest BCUT2D eigenvalue weighted by Gasteiger charge is 2.28. The molecule has 1 atom stereocenters. The van der Waals surface area contributed by atoms with Crippen LogP contribution in [-0.2, 0) is 4.79 Å². The van der Waals surface area contributed by atoms with Gasteiger partial charge in [-0.2, -0.15) is 0 Å². The van der Waals surface area contributed by atoms with Crippen LogP contribution in [0.2, 0.25) is 0 Å². The van der Waals surface area contributed by atoms with Crippen LogP contribution in [0.5, 0.6) is 0 Å². The number of carbonyl (C=O) groups is 2. The Morgan fingerprint density at radius 1 is 0.861 bits per heavy atom. The first-order valence-corrected chi connectivity index (χ1v) is 12.7. The van der Waals surface area contributed by atoms with Crippen molar-refractivity contribution in [2.75, 3.05) is 37.6 Å². The second-order valence-electron chi connectivity index (χ2n) is 9.57. The van der Waals surface area contributed by atoms with Crippen molar-refractivity contribution < 1.29 is 9.59 Å². The van der Waals surface area contributed by atoms with Gasteiger partial charge in [0.2, 0.25) is 5.91 Å². The number of anilines is 1. The van der Waals surface area contributed by atoms with Crippen molar-refractivity contribution in [3.05, 3.63) is 77.4 Å². The van der Waals surface area contributed by atoms with Crippen LogP contribution in [0, 0.1) is 13.8 Å². The maximum absolute atomic E-state index is 13.2. The summed E-state index contributed by atoms with van der Waals surface area (Å²) in [6.07, 6.45) is 0.788. The molecule has 1 aliphatic heterocycles. The quantitative estimate of drug-likeness (QED) is 0.498. The zero-order valence-electron chi connectivity index (χ0n) is 21.6. The fourth-order valence-electron chi connectivity index (χ4n) is 4.31. The van der Waals surface area contributed by atoms with Gasteiger partial charge in [0.15, 0.2) is 5.82 Å². The highest BCUT2D eigenvalue weighted by Crippen LogP contribution is 2.20. The molecule has 7 heteroatoms. The number of hydrogen-bond acceptors (Lipinski definition) is 5. The van der Waals surface area contributed by atoms with Gasteiger partial charge in [-0.3, -0.25) is 9.59 Å². The molecule has 7 nitrogen and oxygen atoms in total. The number of aryl methyl sites for hydroxylation is 2. The molecule has 188 valence electrons.